The quantitative estimate of drug-likeness (QED) is 0.387. The Labute approximate surface area is 199 Å². The fourth-order valence-electron chi connectivity index (χ4n) is 5.15. The second-order valence-electron chi connectivity index (χ2n) is 10.3. The number of nitrogens with one attached hydrogen (secondary N) is 1. The minimum absolute atomic E-state index is 0.242. The van der Waals surface area contributed by atoms with Crippen LogP contribution < -0.4 is 5.32 Å². The highest BCUT2D eigenvalue weighted by Crippen LogP contribution is 2.54. The molecule has 1 N–H and O–H groups in total. The van der Waals surface area contributed by atoms with Gasteiger partial charge in [-0.15, -0.1) is 0 Å². The van der Waals surface area contributed by atoms with Crippen molar-refractivity contribution in [3.05, 3.63) is 29.1 Å². The first-order chi connectivity index (χ1) is 15.9. The van der Waals surface area contributed by atoms with Crippen molar-refractivity contribution < 1.29 is 31.1 Å². The second-order valence-corrected chi connectivity index (χ2v) is 11.6. The van der Waals surface area contributed by atoms with E-state index in [1.165, 1.54) is 19.8 Å². The van der Waals surface area contributed by atoms with Gasteiger partial charge in [0.05, 0.1) is 11.3 Å². The first-order valence-electron chi connectivity index (χ1n) is 11.9. The Morgan fingerprint density at radius 1 is 1.06 bits per heavy atom. The van der Waals surface area contributed by atoms with Gasteiger partial charge in [0.2, 0.25) is 0 Å². The third-order valence-corrected chi connectivity index (χ3v) is 9.03. The number of hydrogen-bond donors (Lipinski definition) is 1. The van der Waals surface area contributed by atoms with Crippen LogP contribution in [0.25, 0.3) is 0 Å². The first kappa shape index (κ1) is 25.6. The Hall–Kier alpha value is -1.45. The van der Waals surface area contributed by atoms with Crippen LogP contribution in [-0.2, 0) is 6.18 Å². The van der Waals surface area contributed by atoms with Crippen molar-refractivity contribution in [2.24, 2.45) is 17.3 Å². The number of aromatic nitrogens is 1. The van der Waals surface area contributed by atoms with E-state index in [0.29, 0.717) is 43.4 Å². The zero-order valence-corrected chi connectivity index (χ0v) is 19.9. The second kappa shape index (κ2) is 9.54. The maximum absolute atomic E-state index is 14.4. The molecule has 1 amide bonds. The average molecular weight is 509 g/mol. The van der Waals surface area contributed by atoms with Crippen LogP contribution >= 0.6 is 11.8 Å². The molecule has 10 heteroatoms. The summed E-state index contributed by atoms with van der Waals surface area (Å²) in [5.74, 6) is 1.04. The number of nitrogens with zero attached hydrogens (tertiary/aromatic N) is 1. The van der Waals surface area contributed by atoms with Crippen LogP contribution in [0.2, 0.25) is 0 Å². The van der Waals surface area contributed by atoms with Crippen LogP contribution in [0.15, 0.2) is 12.1 Å². The summed E-state index contributed by atoms with van der Waals surface area (Å²) in [6.45, 7) is 1.20. The SMILES string of the molecule is Cc1nc(C(F)(F)F)ccc1C(=O)NC(C(F)(F)F)[C@]1(CC2CC2)CC[C@H](SCC2CC2)CC1. The van der Waals surface area contributed by atoms with Crippen molar-refractivity contribution in [2.45, 2.75) is 88.4 Å². The molecule has 0 saturated heterocycles. The molecule has 0 aromatic carbocycles. The molecule has 3 aliphatic carbocycles. The fourth-order valence-corrected chi connectivity index (χ4v) is 6.59. The molecule has 34 heavy (non-hydrogen) atoms. The van der Waals surface area contributed by atoms with E-state index in [2.05, 4.69) is 10.3 Å². The lowest BCUT2D eigenvalue weighted by molar-refractivity contribution is -0.188. The van der Waals surface area contributed by atoms with Gasteiger partial charge in [-0.1, -0.05) is 12.8 Å². The molecule has 1 aromatic heterocycles. The molecule has 1 atom stereocenters. The third kappa shape index (κ3) is 6.21. The summed E-state index contributed by atoms with van der Waals surface area (Å²) >= 11 is 1.87. The van der Waals surface area contributed by atoms with Crippen molar-refractivity contribution in [1.82, 2.24) is 10.3 Å². The number of halogens is 6. The van der Waals surface area contributed by atoms with Crippen molar-refractivity contribution >= 4 is 17.7 Å². The highest BCUT2D eigenvalue weighted by Gasteiger charge is 2.56. The summed E-state index contributed by atoms with van der Waals surface area (Å²) in [6.07, 6.45) is -2.49. The molecule has 1 aromatic rings. The van der Waals surface area contributed by atoms with Crippen LogP contribution in [-0.4, -0.2) is 34.1 Å². The number of hydrogen-bond acceptors (Lipinski definition) is 3. The third-order valence-electron chi connectivity index (χ3n) is 7.42. The molecule has 0 radical (unpaired) electrons. The zero-order chi connectivity index (χ0) is 24.7. The lowest BCUT2D eigenvalue weighted by atomic mass is 9.65. The van der Waals surface area contributed by atoms with E-state index in [1.807, 2.05) is 11.8 Å². The monoisotopic (exact) mass is 508 g/mol. The smallest absolute Gasteiger partial charge is 0.340 e. The minimum Gasteiger partial charge on any atom is -0.340 e. The minimum atomic E-state index is -4.70. The van der Waals surface area contributed by atoms with Crippen LogP contribution in [0.5, 0.6) is 0 Å². The molecular weight excluding hydrogens is 478 g/mol. The van der Waals surface area contributed by atoms with Gasteiger partial charge in [0.15, 0.2) is 0 Å². The molecule has 0 bridgehead atoms. The topological polar surface area (TPSA) is 42.0 Å². The average Bonchev–Trinajstić information content (AvgIpc) is 3.66. The number of pyridine rings is 1. The van der Waals surface area contributed by atoms with Crippen molar-refractivity contribution in [3.63, 3.8) is 0 Å². The molecule has 190 valence electrons. The number of amides is 1. The normalized spacial score (nSPS) is 26.9. The maximum atomic E-state index is 14.4. The molecule has 1 unspecified atom stereocenters. The maximum Gasteiger partial charge on any atom is 0.433 e. The molecule has 3 nitrogen and oxygen atoms in total. The molecule has 1 heterocycles. The molecule has 0 aliphatic heterocycles. The van der Waals surface area contributed by atoms with Gasteiger partial charge in [-0.3, -0.25) is 4.79 Å². The summed E-state index contributed by atoms with van der Waals surface area (Å²) < 4.78 is 81.9. The Kier molecular flexibility index (Phi) is 7.20. The summed E-state index contributed by atoms with van der Waals surface area (Å²) in [4.78, 5) is 16.3. The van der Waals surface area contributed by atoms with Crippen LogP contribution in [0.1, 0.15) is 79.5 Å². The molecule has 0 spiro atoms. The molecule has 3 aliphatic rings. The lowest BCUT2D eigenvalue weighted by Gasteiger charge is -2.46. The van der Waals surface area contributed by atoms with Gasteiger partial charge < -0.3 is 5.32 Å². The summed E-state index contributed by atoms with van der Waals surface area (Å²) in [6, 6.07) is -0.496. The highest BCUT2D eigenvalue weighted by molar-refractivity contribution is 7.99. The summed E-state index contributed by atoms with van der Waals surface area (Å²) in [5, 5.41) is 2.55. The van der Waals surface area contributed by atoms with Gasteiger partial charge in [0, 0.05) is 5.25 Å². The van der Waals surface area contributed by atoms with Gasteiger partial charge in [0.1, 0.15) is 11.7 Å². The zero-order valence-electron chi connectivity index (χ0n) is 19.1. The van der Waals surface area contributed by atoms with Gasteiger partial charge in [-0.2, -0.15) is 38.1 Å². The predicted octanol–water partition coefficient (Wildman–Crippen LogP) is 6.94. The van der Waals surface area contributed by atoms with Crippen LogP contribution in [0, 0.1) is 24.2 Å². The number of aryl methyl sites for hydroxylation is 1. The van der Waals surface area contributed by atoms with Crippen molar-refractivity contribution in [3.8, 4) is 0 Å². The van der Waals surface area contributed by atoms with E-state index in [-0.39, 0.29) is 17.2 Å². The van der Waals surface area contributed by atoms with E-state index in [4.69, 9.17) is 0 Å². The van der Waals surface area contributed by atoms with Gasteiger partial charge in [-0.05, 0) is 87.0 Å². The van der Waals surface area contributed by atoms with Crippen LogP contribution in [0.3, 0.4) is 0 Å². The first-order valence-corrected chi connectivity index (χ1v) is 13.0. The number of alkyl halides is 6. The summed E-state index contributed by atoms with van der Waals surface area (Å²) in [7, 11) is 0. The van der Waals surface area contributed by atoms with E-state index >= 15 is 0 Å². The van der Waals surface area contributed by atoms with Gasteiger partial charge in [0.25, 0.3) is 5.91 Å². The Balaban J connectivity index is 1.52. The Morgan fingerprint density at radius 2 is 1.68 bits per heavy atom. The molecular formula is C24H30F6N2OS. The van der Waals surface area contributed by atoms with Crippen molar-refractivity contribution in [2.75, 3.05) is 5.75 Å². The van der Waals surface area contributed by atoms with Gasteiger partial charge in [-0.25, -0.2) is 4.98 Å². The number of rotatable bonds is 8. The van der Waals surface area contributed by atoms with E-state index in [1.54, 1.807) is 0 Å². The highest BCUT2D eigenvalue weighted by atomic mass is 32.2. The van der Waals surface area contributed by atoms with Gasteiger partial charge >= 0.3 is 12.4 Å². The fraction of sp³-hybridized carbons (Fsp3) is 0.750. The molecule has 4 rings (SSSR count). The Bertz CT molecular complexity index is 886. The Morgan fingerprint density at radius 3 is 2.18 bits per heavy atom. The number of carbonyl (C=O) groups is 1. The van der Waals surface area contributed by atoms with E-state index in [9.17, 15) is 31.1 Å². The predicted molar refractivity (Wildman–Crippen MR) is 118 cm³/mol. The van der Waals surface area contributed by atoms with E-state index < -0.39 is 35.4 Å². The van der Waals surface area contributed by atoms with E-state index in [0.717, 1.165) is 30.6 Å². The number of carbonyl (C=O) groups excluding carboxylic acids is 1. The van der Waals surface area contributed by atoms with Crippen LogP contribution in [0.4, 0.5) is 26.3 Å². The molecule has 3 saturated carbocycles. The summed E-state index contributed by atoms with van der Waals surface area (Å²) in [5.41, 5.74) is -2.78. The standard InChI is InChI=1S/C24H30F6N2OS/c1-14-18(6-7-19(31-14)23(25,26)27)20(33)32-21(24(28,29)30)22(12-15-2-3-15)10-8-17(9-11-22)34-13-16-4-5-16/h6-7,15-17,21H,2-5,8-13H2,1H3,(H,32,33)/t17-,21?,22+. The largest absolute Gasteiger partial charge is 0.433 e. The molecule has 3 fully saturated rings. The lowest BCUT2D eigenvalue weighted by Crippen LogP contribution is -2.57. The number of thioether (sulfide) groups is 1. The van der Waals surface area contributed by atoms with Crippen molar-refractivity contribution in [1.29, 1.82) is 0 Å².